The fraction of sp³-hybridized carbons (Fsp3) is 0.333. The molecule has 0 amide bonds. The van der Waals surface area contributed by atoms with Crippen molar-refractivity contribution in [2.75, 3.05) is 27.3 Å². The highest BCUT2D eigenvalue weighted by Gasteiger charge is 2.48. The van der Waals surface area contributed by atoms with E-state index in [2.05, 4.69) is 11.0 Å². The molecule has 1 unspecified atom stereocenters. The maximum atomic E-state index is 13.8. The first-order valence-corrected chi connectivity index (χ1v) is 11.0. The highest BCUT2D eigenvalue weighted by Crippen LogP contribution is 2.48. The van der Waals surface area contributed by atoms with Crippen LogP contribution in [0.3, 0.4) is 0 Å². The van der Waals surface area contributed by atoms with Gasteiger partial charge in [0, 0.05) is 26.1 Å². The van der Waals surface area contributed by atoms with E-state index in [0.717, 1.165) is 49.2 Å². The Bertz CT molecular complexity index is 1020. The molecule has 0 saturated carbocycles. The maximum absolute atomic E-state index is 13.8. The summed E-state index contributed by atoms with van der Waals surface area (Å²) >= 11 is 0. The van der Waals surface area contributed by atoms with Crippen molar-refractivity contribution in [3.63, 3.8) is 0 Å². The van der Waals surface area contributed by atoms with Crippen molar-refractivity contribution in [2.24, 2.45) is 0 Å². The van der Waals surface area contributed by atoms with Gasteiger partial charge in [0.25, 0.3) is 0 Å². The number of benzene rings is 3. The lowest BCUT2D eigenvalue weighted by atomic mass is 9.76. The highest BCUT2D eigenvalue weighted by atomic mass is 19.1. The van der Waals surface area contributed by atoms with Crippen LogP contribution in [0.25, 0.3) is 0 Å². The molecular formula is C27H29F2NO2. The van der Waals surface area contributed by atoms with Crippen LogP contribution in [0.2, 0.25) is 0 Å². The number of methoxy groups -OCH3 is 2. The largest absolute Gasteiger partial charge is 0.497 e. The summed E-state index contributed by atoms with van der Waals surface area (Å²) in [5.41, 5.74) is 2.32. The minimum absolute atomic E-state index is 0.0161. The van der Waals surface area contributed by atoms with Crippen molar-refractivity contribution in [3.8, 4) is 5.75 Å². The SMILES string of the molecule is COc1cccc(CCN2CCC[C@H](c3ccc(F)cc3)C2(OC)c2ccc(F)cc2)c1. The molecule has 1 heterocycles. The maximum Gasteiger partial charge on any atom is 0.154 e. The number of ether oxygens (including phenoxy) is 2. The Labute approximate surface area is 188 Å². The Balaban J connectivity index is 1.72. The van der Waals surface area contributed by atoms with Crippen LogP contribution >= 0.6 is 0 Å². The van der Waals surface area contributed by atoms with Gasteiger partial charge in [-0.25, -0.2) is 8.78 Å². The van der Waals surface area contributed by atoms with Crippen molar-refractivity contribution in [2.45, 2.75) is 30.9 Å². The van der Waals surface area contributed by atoms with Gasteiger partial charge in [0.15, 0.2) is 5.72 Å². The average Bonchev–Trinajstić information content (AvgIpc) is 2.83. The molecule has 4 rings (SSSR count). The van der Waals surface area contributed by atoms with E-state index in [1.807, 2.05) is 30.3 Å². The molecule has 3 nitrogen and oxygen atoms in total. The lowest BCUT2D eigenvalue weighted by Crippen LogP contribution is -2.55. The van der Waals surface area contributed by atoms with E-state index in [1.165, 1.54) is 29.8 Å². The Morgan fingerprint density at radius 1 is 0.938 bits per heavy atom. The third-order valence-corrected chi connectivity index (χ3v) is 6.51. The van der Waals surface area contributed by atoms with Gasteiger partial charge < -0.3 is 9.47 Å². The van der Waals surface area contributed by atoms with Crippen LogP contribution in [0.1, 0.15) is 35.4 Å². The van der Waals surface area contributed by atoms with Crippen LogP contribution in [-0.4, -0.2) is 32.2 Å². The van der Waals surface area contributed by atoms with Gasteiger partial charge in [-0.2, -0.15) is 0 Å². The molecule has 0 radical (unpaired) electrons. The van der Waals surface area contributed by atoms with Gasteiger partial charge in [-0.15, -0.1) is 0 Å². The zero-order chi connectivity index (χ0) is 22.6. The second-order valence-electron chi connectivity index (χ2n) is 8.24. The molecule has 5 heteroatoms. The molecule has 3 aromatic rings. The van der Waals surface area contributed by atoms with Gasteiger partial charge in [-0.1, -0.05) is 36.4 Å². The van der Waals surface area contributed by atoms with E-state index >= 15 is 0 Å². The molecule has 0 bridgehead atoms. The van der Waals surface area contributed by atoms with Gasteiger partial charge in [0.2, 0.25) is 0 Å². The average molecular weight is 438 g/mol. The normalized spacial score (nSPS) is 21.4. The van der Waals surface area contributed by atoms with Crippen molar-refractivity contribution in [1.29, 1.82) is 0 Å². The molecule has 0 N–H and O–H groups in total. The van der Waals surface area contributed by atoms with Crippen molar-refractivity contribution in [1.82, 2.24) is 4.90 Å². The van der Waals surface area contributed by atoms with Gasteiger partial charge in [-0.3, -0.25) is 4.90 Å². The summed E-state index contributed by atoms with van der Waals surface area (Å²) in [6.07, 6.45) is 2.71. The summed E-state index contributed by atoms with van der Waals surface area (Å²) in [6, 6.07) is 21.3. The third-order valence-electron chi connectivity index (χ3n) is 6.51. The number of hydrogen-bond acceptors (Lipinski definition) is 3. The van der Waals surface area contributed by atoms with Crippen LogP contribution in [0.5, 0.6) is 5.75 Å². The number of nitrogens with zero attached hydrogens (tertiary/aromatic N) is 1. The van der Waals surface area contributed by atoms with E-state index in [9.17, 15) is 8.78 Å². The second-order valence-corrected chi connectivity index (χ2v) is 8.24. The third kappa shape index (κ3) is 4.41. The number of likely N-dealkylation sites (tertiary alicyclic amines) is 1. The number of halogens is 2. The van der Waals surface area contributed by atoms with Gasteiger partial charge in [0.1, 0.15) is 17.4 Å². The Kier molecular flexibility index (Phi) is 6.87. The van der Waals surface area contributed by atoms with Crippen LogP contribution < -0.4 is 4.74 Å². The zero-order valence-corrected chi connectivity index (χ0v) is 18.6. The Hall–Kier alpha value is -2.76. The first-order valence-electron chi connectivity index (χ1n) is 11.0. The smallest absolute Gasteiger partial charge is 0.154 e. The van der Waals surface area contributed by atoms with Crippen molar-refractivity contribution < 1.29 is 18.3 Å². The first-order chi connectivity index (χ1) is 15.6. The summed E-state index contributed by atoms with van der Waals surface area (Å²) in [6.45, 7) is 1.61. The Morgan fingerprint density at radius 2 is 1.62 bits per heavy atom. The molecule has 1 aliphatic rings. The molecular weight excluding hydrogens is 408 g/mol. The quantitative estimate of drug-likeness (QED) is 0.460. The molecule has 32 heavy (non-hydrogen) atoms. The number of hydrogen-bond donors (Lipinski definition) is 0. The molecule has 1 aliphatic heterocycles. The van der Waals surface area contributed by atoms with Gasteiger partial charge in [-0.05, 0) is 72.4 Å². The molecule has 0 aliphatic carbocycles. The summed E-state index contributed by atoms with van der Waals surface area (Å²) < 4.78 is 39.1. The minimum atomic E-state index is -0.775. The van der Waals surface area contributed by atoms with Gasteiger partial charge >= 0.3 is 0 Å². The van der Waals surface area contributed by atoms with Crippen molar-refractivity contribution in [3.05, 3.63) is 101 Å². The molecule has 0 aromatic heterocycles. The van der Waals surface area contributed by atoms with Crippen LogP contribution in [0, 0.1) is 11.6 Å². The number of piperidine rings is 1. The summed E-state index contributed by atoms with van der Waals surface area (Å²) in [4.78, 5) is 2.34. The summed E-state index contributed by atoms with van der Waals surface area (Å²) in [7, 11) is 3.38. The standard InChI is InChI=1S/C27H29F2NO2/c1-31-25-6-3-5-20(19-25)16-18-30-17-4-7-26(21-8-12-23(28)13-9-21)27(30,32-2)22-10-14-24(29)15-11-22/h3,5-6,8-15,19,26H,4,7,16-18H2,1-2H3/t26-,27?/m1/s1. The predicted molar refractivity (Wildman–Crippen MR) is 122 cm³/mol. The fourth-order valence-corrected chi connectivity index (χ4v) is 4.99. The van der Waals surface area contributed by atoms with Crippen LogP contribution in [0.4, 0.5) is 8.78 Å². The Morgan fingerprint density at radius 3 is 2.28 bits per heavy atom. The van der Waals surface area contributed by atoms with Gasteiger partial charge in [0.05, 0.1) is 7.11 Å². The molecule has 0 spiro atoms. The number of rotatable bonds is 7. The second kappa shape index (κ2) is 9.80. The molecule has 1 fully saturated rings. The van der Waals surface area contributed by atoms with E-state index in [4.69, 9.17) is 9.47 Å². The summed E-state index contributed by atoms with van der Waals surface area (Å²) in [5, 5.41) is 0. The predicted octanol–water partition coefficient (Wildman–Crippen LogP) is 5.89. The highest BCUT2D eigenvalue weighted by molar-refractivity contribution is 5.33. The summed E-state index contributed by atoms with van der Waals surface area (Å²) in [5.74, 6) is 0.279. The monoisotopic (exact) mass is 437 g/mol. The van der Waals surface area contributed by atoms with Crippen LogP contribution in [-0.2, 0) is 16.9 Å². The van der Waals surface area contributed by atoms with Crippen LogP contribution in [0.15, 0.2) is 72.8 Å². The van der Waals surface area contributed by atoms with Crippen molar-refractivity contribution >= 4 is 0 Å². The molecule has 168 valence electrons. The molecule has 1 saturated heterocycles. The fourth-order valence-electron chi connectivity index (χ4n) is 4.99. The van der Waals surface area contributed by atoms with E-state index in [1.54, 1.807) is 26.4 Å². The molecule has 3 aromatic carbocycles. The first kappa shape index (κ1) is 22.4. The molecule has 2 atom stereocenters. The minimum Gasteiger partial charge on any atom is -0.497 e. The lowest BCUT2D eigenvalue weighted by Gasteiger charge is -2.51. The topological polar surface area (TPSA) is 21.7 Å². The van der Waals surface area contributed by atoms with E-state index in [0.29, 0.717) is 0 Å². The van der Waals surface area contributed by atoms with E-state index in [-0.39, 0.29) is 17.6 Å². The zero-order valence-electron chi connectivity index (χ0n) is 18.6. The van der Waals surface area contributed by atoms with E-state index < -0.39 is 5.72 Å². The lowest BCUT2D eigenvalue weighted by molar-refractivity contribution is -0.179.